The molecule has 3 heterocycles. The van der Waals surface area contributed by atoms with Gasteiger partial charge in [0.05, 0.1) is 30.9 Å². The molecule has 2 aliphatic rings. The van der Waals surface area contributed by atoms with Crippen LogP contribution in [0.25, 0.3) is 10.9 Å². The summed E-state index contributed by atoms with van der Waals surface area (Å²) in [7, 11) is 0. The van der Waals surface area contributed by atoms with Gasteiger partial charge in [-0.05, 0) is 34.9 Å². The van der Waals surface area contributed by atoms with Crippen molar-refractivity contribution in [1.82, 2.24) is 14.8 Å². The van der Waals surface area contributed by atoms with Crippen molar-refractivity contribution in [1.29, 1.82) is 0 Å². The van der Waals surface area contributed by atoms with Crippen LogP contribution in [0.1, 0.15) is 34.5 Å². The van der Waals surface area contributed by atoms with E-state index in [1.165, 1.54) is 17.0 Å². The summed E-state index contributed by atoms with van der Waals surface area (Å²) < 4.78 is 0. The van der Waals surface area contributed by atoms with Gasteiger partial charge in [0, 0.05) is 23.0 Å². The number of benzene rings is 3. The molecule has 3 unspecified atom stereocenters. The normalized spacial score (nSPS) is 20.1. The number of H-pyrrole nitrogens is 1. The number of β-amino-alcohol motifs (C(OH)–C–C–N with tert-alkyl or cyclic N) is 1. The molecule has 0 radical (unpaired) electrons. The molecule has 3 aromatic carbocycles. The minimum atomic E-state index is -0.920. The number of aromatic amines is 1. The number of rotatable bonds is 5. The summed E-state index contributed by atoms with van der Waals surface area (Å²) in [5.74, 6) is -0.494. The van der Waals surface area contributed by atoms with Crippen LogP contribution in [0, 0.1) is 5.21 Å². The van der Waals surface area contributed by atoms with E-state index in [4.69, 9.17) is 0 Å². The molecule has 9 heteroatoms. The number of aliphatic hydroxyl groups is 1. The van der Waals surface area contributed by atoms with E-state index in [1.54, 1.807) is 29.2 Å². The number of anilines is 1. The van der Waals surface area contributed by atoms with Gasteiger partial charge in [-0.25, -0.2) is 0 Å². The summed E-state index contributed by atoms with van der Waals surface area (Å²) in [5.41, 5.74) is 3.90. The van der Waals surface area contributed by atoms with Gasteiger partial charge in [0.1, 0.15) is 6.04 Å². The van der Waals surface area contributed by atoms with Crippen LogP contribution in [0.15, 0.2) is 78.9 Å². The molecule has 0 spiro atoms. The second-order valence-corrected chi connectivity index (χ2v) is 9.50. The highest BCUT2D eigenvalue weighted by atomic mass is 16.8. The lowest BCUT2D eigenvalue weighted by Crippen LogP contribution is -2.63. The fourth-order valence-electron chi connectivity index (χ4n) is 5.63. The molecule has 1 fully saturated rings. The average Bonchev–Trinajstić information content (AvgIpc) is 3.29. The van der Waals surface area contributed by atoms with Crippen LogP contribution in [0.2, 0.25) is 0 Å². The minimum Gasteiger partial charge on any atom is -0.733 e. The maximum absolute atomic E-state index is 13.8. The SMILES string of the molecule is O=C1C2Cc3c([nH]c4ccccc34)C(c3cccc(N([O-])O)c3)N2C(=O)CN1CC(O)c1ccccc1. The van der Waals surface area contributed by atoms with Crippen molar-refractivity contribution in [2.75, 3.05) is 18.3 Å². The van der Waals surface area contributed by atoms with Crippen LogP contribution in [0.5, 0.6) is 0 Å². The third-order valence-corrected chi connectivity index (χ3v) is 7.33. The van der Waals surface area contributed by atoms with E-state index in [2.05, 4.69) is 4.98 Å². The molecular weight excluding hydrogens is 472 g/mol. The van der Waals surface area contributed by atoms with Crippen LogP contribution in [-0.4, -0.2) is 56.0 Å². The molecule has 0 aliphatic carbocycles. The Bertz CT molecular complexity index is 1480. The predicted molar refractivity (Wildman–Crippen MR) is 137 cm³/mol. The maximum Gasteiger partial charge on any atom is 0.246 e. The molecule has 9 nitrogen and oxygen atoms in total. The van der Waals surface area contributed by atoms with Crippen molar-refractivity contribution in [2.45, 2.75) is 24.6 Å². The van der Waals surface area contributed by atoms with Crippen molar-refractivity contribution < 1.29 is 19.9 Å². The molecule has 0 saturated carbocycles. The molecule has 188 valence electrons. The number of aliphatic hydroxyl groups excluding tert-OH is 1. The Balaban J connectivity index is 1.42. The first-order valence-corrected chi connectivity index (χ1v) is 12.1. The van der Waals surface area contributed by atoms with Crippen molar-refractivity contribution >= 4 is 28.4 Å². The quantitative estimate of drug-likeness (QED) is 0.364. The number of hydrogen-bond donors (Lipinski definition) is 3. The van der Waals surface area contributed by atoms with Gasteiger partial charge in [0.25, 0.3) is 0 Å². The lowest BCUT2D eigenvalue weighted by Gasteiger charge is -2.47. The molecule has 2 amide bonds. The molecule has 4 aromatic rings. The molecule has 6 rings (SSSR count). The largest absolute Gasteiger partial charge is 0.733 e. The summed E-state index contributed by atoms with van der Waals surface area (Å²) in [6.07, 6.45) is -0.594. The monoisotopic (exact) mass is 497 g/mol. The second kappa shape index (κ2) is 9.04. The third-order valence-electron chi connectivity index (χ3n) is 7.33. The standard InChI is InChI=1S/C28H25N4O5/c33-24(17-7-2-1-3-8-17)15-30-16-25(34)31-23(28(30)35)14-21-20-11-4-5-12-22(20)29-26(21)27(31)18-9-6-10-19(13-18)32(36)37/h1-13,23-24,27,29,33,36H,14-16H2/q-1. The van der Waals surface area contributed by atoms with E-state index in [1.807, 2.05) is 42.5 Å². The number of aromatic nitrogens is 1. The summed E-state index contributed by atoms with van der Waals surface area (Å²) in [6, 6.07) is 21.8. The molecule has 37 heavy (non-hydrogen) atoms. The number of carbonyl (C=O) groups is 2. The average molecular weight is 498 g/mol. The number of amides is 2. The van der Waals surface area contributed by atoms with Gasteiger partial charge in [-0.15, -0.1) is 0 Å². The number of fused-ring (bicyclic) bond motifs is 4. The zero-order valence-electron chi connectivity index (χ0n) is 19.8. The minimum absolute atomic E-state index is 0.00940. The number of para-hydroxylation sites is 1. The summed E-state index contributed by atoms with van der Waals surface area (Å²) >= 11 is 0. The Morgan fingerprint density at radius 1 is 1.03 bits per heavy atom. The van der Waals surface area contributed by atoms with Crippen molar-refractivity contribution in [2.24, 2.45) is 0 Å². The van der Waals surface area contributed by atoms with Gasteiger partial charge in [0.2, 0.25) is 11.8 Å². The van der Waals surface area contributed by atoms with Crippen LogP contribution in [-0.2, 0) is 16.0 Å². The van der Waals surface area contributed by atoms with Gasteiger partial charge in [0.15, 0.2) is 0 Å². The number of carbonyl (C=O) groups excluding carboxylic acids is 2. The Morgan fingerprint density at radius 3 is 2.57 bits per heavy atom. The van der Waals surface area contributed by atoms with Crippen molar-refractivity contribution in [3.8, 4) is 0 Å². The number of piperazine rings is 1. The molecule has 1 saturated heterocycles. The van der Waals surface area contributed by atoms with E-state index < -0.39 is 18.2 Å². The Labute approximate surface area is 212 Å². The fourth-order valence-corrected chi connectivity index (χ4v) is 5.63. The van der Waals surface area contributed by atoms with E-state index in [0.29, 0.717) is 17.5 Å². The predicted octanol–water partition coefficient (Wildman–Crippen LogP) is 3.28. The molecule has 3 N–H and O–H groups in total. The molecule has 3 atom stereocenters. The summed E-state index contributed by atoms with van der Waals surface area (Å²) in [4.78, 5) is 33.9. The highest BCUT2D eigenvalue weighted by Crippen LogP contribution is 2.43. The zero-order valence-corrected chi connectivity index (χ0v) is 19.8. The van der Waals surface area contributed by atoms with Crippen LogP contribution in [0.4, 0.5) is 5.69 Å². The molecule has 0 bridgehead atoms. The van der Waals surface area contributed by atoms with E-state index in [-0.39, 0.29) is 35.8 Å². The Morgan fingerprint density at radius 2 is 1.78 bits per heavy atom. The Hall–Kier alpha value is -4.18. The first-order valence-electron chi connectivity index (χ1n) is 12.1. The van der Waals surface area contributed by atoms with Gasteiger partial charge in [-0.2, -0.15) is 0 Å². The van der Waals surface area contributed by atoms with Gasteiger partial charge in [-0.3, -0.25) is 14.8 Å². The van der Waals surface area contributed by atoms with Crippen LogP contribution in [0.3, 0.4) is 0 Å². The second-order valence-electron chi connectivity index (χ2n) is 9.50. The highest BCUT2D eigenvalue weighted by molar-refractivity contribution is 5.97. The van der Waals surface area contributed by atoms with Gasteiger partial charge >= 0.3 is 0 Å². The van der Waals surface area contributed by atoms with Gasteiger partial charge in [-0.1, -0.05) is 60.7 Å². The van der Waals surface area contributed by atoms with E-state index in [0.717, 1.165) is 22.2 Å². The molecular formula is C28H25N4O5-. The van der Waals surface area contributed by atoms with Crippen LogP contribution < -0.4 is 5.23 Å². The fraction of sp³-hybridized carbons (Fsp3) is 0.214. The lowest BCUT2D eigenvalue weighted by atomic mass is 9.86. The summed E-state index contributed by atoms with van der Waals surface area (Å²) in [6.45, 7) is -0.159. The highest BCUT2D eigenvalue weighted by Gasteiger charge is 2.48. The van der Waals surface area contributed by atoms with Crippen molar-refractivity contribution in [3.63, 3.8) is 0 Å². The third kappa shape index (κ3) is 3.93. The number of hydrogen-bond acceptors (Lipinski definition) is 6. The topological polar surface area (TPSA) is 123 Å². The molecule has 2 aliphatic heterocycles. The smallest absolute Gasteiger partial charge is 0.246 e. The maximum atomic E-state index is 13.8. The summed E-state index contributed by atoms with van der Waals surface area (Å²) in [5, 5.41) is 32.6. The van der Waals surface area contributed by atoms with Gasteiger partial charge < -0.3 is 30.3 Å². The first-order chi connectivity index (χ1) is 17.9. The zero-order chi connectivity index (χ0) is 25.7. The lowest BCUT2D eigenvalue weighted by molar-refractivity contribution is -0.159. The molecule has 1 aromatic heterocycles. The Kier molecular flexibility index (Phi) is 5.68. The van der Waals surface area contributed by atoms with E-state index in [9.17, 15) is 25.1 Å². The first kappa shape index (κ1) is 23.2. The number of nitrogens with zero attached hydrogens (tertiary/aromatic N) is 3. The van der Waals surface area contributed by atoms with Crippen LogP contribution >= 0.6 is 0 Å². The van der Waals surface area contributed by atoms with Crippen molar-refractivity contribution in [3.05, 3.63) is 106 Å². The van der Waals surface area contributed by atoms with E-state index >= 15 is 0 Å². The number of nitrogens with one attached hydrogen (secondary N) is 1.